The normalized spacial score (nSPS) is 40.3. The monoisotopic (exact) mass is 312 g/mol. The maximum atomic E-state index is 11.2. The van der Waals surface area contributed by atoms with Crippen molar-refractivity contribution in [3.05, 3.63) is 0 Å². The maximum Gasteiger partial charge on any atom is 0.0702 e. The van der Waals surface area contributed by atoms with Gasteiger partial charge in [0.1, 0.15) is 0 Å². The number of aliphatic hydroxyl groups is 1. The number of thioether (sulfide) groups is 1. The van der Waals surface area contributed by atoms with Gasteiger partial charge in [-0.1, -0.05) is 19.8 Å². The van der Waals surface area contributed by atoms with E-state index in [0.717, 1.165) is 38.2 Å². The van der Waals surface area contributed by atoms with Crippen molar-refractivity contribution in [2.45, 2.75) is 82.3 Å². The Hall–Kier alpha value is 0.270. The maximum absolute atomic E-state index is 11.2. The van der Waals surface area contributed by atoms with Crippen LogP contribution in [0.15, 0.2) is 0 Å². The second-order valence-electron chi connectivity index (χ2n) is 7.67. The molecular weight excluding hydrogens is 280 g/mol. The van der Waals surface area contributed by atoms with Crippen LogP contribution in [-0.4, -0.2) is 34.4 Å². The Bertz CT molecular complexity index is 325. The first kappa shape index (κ1) is 16.1. The van der Waals surface area contributed by atoms with Crippen LogP contribution in [0.4, 0.5) is 0 Å². The summed E-state index contributed by atoms with van der Waals surface area (Å²) in [6, 6.07) is 0. The van der Waals surface area contributed by atoms with Crippen molar-refractivity contribution in [1.29, 1.82) is 0 Å². The molecule has 3 heteroatoms. The predicted octanol–water partition coefficient (Wildman–Crippen LogP) is 4.40. The third-order valence-electron chi connectivity index (χ3n) is 6.32. The lowest BCUT2D eigenvalue weighted by molar-refractivity contribution is -0.157. The fourth-order valence-electron chi connectivity index (χ4n) is 4.86. The van der Waals surface area contributed by atoms with Gasteiger partial charge in [0, 0.05) is 6.61 Å². The first-order valence-corrected chi connectivity index (χ1v) is 10.3. The summed E-state index contributed by atoms with van der Waals surface area (Å²) in [5.41, 5.74) is -0.268. The van der Waals surface area contributed by atoms with Crippen molar-refractivity contribution in [2.24, 2.45) is 11.8 Å². The van der Waals surface area contributed by atoms with E-state index in [-0.39, 0.29) is 11.2 Å². The lowest BCUT2D eigenvalue weighted by atomic mass is 9.66. The molecule has 0 amide bonds. The van der Waals surface area contributed by atoms with Crippen LogP contribution in [0.2, 0.25) is 0 Å². The summed E-state index contributed by atoms with van der Waals surface area (Å²) in [6.07, 6.45) is 11.8. The van der Waals surface area contributed by atoms with Crippen LogP contribution in [0.5, 0.6) is 0 Å². The minimum atomic E-state index is -0.383. The van der Waals surface area contributed by atoms with Gasteiger partial charge < -0.3 is 9.84 Å². The highest BCUT2D eigenvalue weighted by Crippen LogP contribution is 2.48. The Labute approximate surface area is 134 Å². The van der Waals surface area contributed by atoms with Crippen molar-refractivity contribution in [2.75, 3.05) is 18.1 Å². The van der Waals surface area contributed by atoms with Gasteiger partial charge in [0.25, 0.3) is 0 Å². The third-order valence-corrected chi connectivity index (χ3v) is 7.31. The highest BCUT2D eigenvalue weighted by Gasteiger charge is 2.47. The Morgan fingerprint density at radius 2 is 1.81 bits per heavy atom. The summed E-state index contributed by atoms with van der Waals surface area (Å²) in [5, 5.41) is 11.2. The van der Waals surface area contributed by atoms with E-state index < -0.39 is 0 Å². The van der Waals surface area contributed by atoms with Crippen LogP contribution in [0.1, 0.15) is 71.1 Å². The molecule has 0 bridgehead atoms. The zero-order chi connectivity index (χ0) is 14.8. The fraction of sp³-hybridized carbons (Fsp3) is 1.00. The summed E-state index contributed by atoms with van der Waals surface area (Å²) in [7, 11) is 0. The predicted molar refractivity (Wildman–Crippen MR) is 89.8 cm³/mol. The molecule has 1 unspecified atom stereocenters. The Morgan fingerprint density at radius 3 is 2.48 bits per heavy atom. The summed E-state index contributed by atoms with van der Waals surface area (Å²) in [5.74, 6) is 3.83. The molecule has 1 aliphatic carbocycles. The van der Waals surface area contributed by atoms with Gasteiger partial charge in [0.05, 0.1) is 11.2 Å². The summed E-state index contributed by atoms with van der Waals surface area (Å²) < 4.78 is 6.21. The van der Waals surface area contributed by atoms with Gasteiger partial charge in [-0.15, -0.1) is 0 Å². The molecule has 0 radical (unpaired) electrons. The molecule has 1 saturated carbocycles. The van der Waals surface area contributed by atoms with Crippen molar-refractivity contribution in [3.8, 4) is 0 Å². The van der Waals surface area contributed by atoms with E-state index in [4.69, 9.17) is 4.74 Å². The number of hydrogen-bond donors (Lipinski definition) is 1. The molecule has 3 fully saturated rings. The zero-order valence-electron chi connectivity index (χ0n) is 13.6. The van der Waals surface area contributed by atoms with E-state index in [9.17, 15) is 5.11 Å². The Kier molecular flexibility index (Phi) is 5.23. The van der Waals surface area contributed by atoms with E-state index >= 15 is 0 Å². The van der Waals surface area contributed by atoms with Crippen LogP contribution in [0, 0.1) is 11.8 Å². The van der Waals surface area contributed by atoms with Gasteiger partial charge in [-0.2, -0.15) is 11.8 Å². The summed E-state index contributed by atoms with van der Waals surface area (Å²) in [4.78, 5) is 0. The van der Waals surface area contributed by atoms with Gasteiger partial charge in [0.2, 0.25) is 0 Å². The van der Waals surface area contributed by atoms with Gasteiger partial charge >= 0.3 is 0 Å². The van der Waals surface area contributed by atoms with Crippen molar-refractivity contribution < 1.29 is 9.84 Å². The first-order chi connectivity index (χ1) is 10.2. The molecule has 2 heterocycles. The molecule has 3 aliphatic rings. The molecule has 1 N–H and O–H groups in total. The standard InChI is InChI=1S/C18H32O2S/c1-2-3-15-4-7-18(19,8-5-15)16-6-11-20-17(14-16)9-12-21-13-10-17/h15-16,19H,2-14H2,1H3. The van der Waals surface area contributed by atoms with Gasteiger partial charge in [-0.25, -0.2) is 0 Å². The van der Waals surface area contributed by atoms with Crippen molar-refractivity contribution in [1.82, 2.24) is 0 Å². The molecule has 0 aromatic carbocycles. The smallest absolute Gasteiger partial charge is 0.0702 e. The summed E-state index contributed by atoms with van der Waals surface area (Å²) >= 11 is 2.06. The second kappa shape index (κ2) is 6.80. The molecule has 3 rings (SSSR count). The molecule has 2 nitrogen and oxygen atoms in total. The van der Waals surface area contributed by atoms with Crippen molar-refractivity contribution in [3.63, 3.8) is 0 Å². The number of hydrogen-bond acceptors (Lipinski definition) is 3. The number of ether oxygens (including phenoxy) is 1. The Balaban J connectivity index is 1.60. The van der Waals surface area contributed by atoms with Crippen LogP contribution in [0.25, 0.3) is 0 Å². The van der Waals surface area contributed by atoms with Gasteiger partial charge in [-0.05, 0) is 74.7 Å². The topological polar surface area (TPSA) is 29.5 Å². The molecule has 2 aliphatic heterocycles. The molecule has 21 heavy (non-hydrogen) atoms. The molecule has 0 aromatic heterocycles. The lowest BCUT2D eigenvalue weighted by Crippen LogP contribution is -2.51. The average Bonchev–Trinajstić information content (AvgIpc) is 2.51. The SMILES string of the molecule is CCCC1CCC(O)(C2CCOC3(CCSCC3)C2)CC1. The van der Waals surface area contributed by atoms with E-state index in [1.54, 1.807) is 0 Å². The quantitative estimate of drug-likeness (QED) is 0.837. The molecular formula is C18H32O2S. The third kappa shape index (κ3) is 3.61. The molecule has 122 valence electrons. The summed E-state index contributed by atoms with van der Waals surface area (Å²) in [6.45, 7) is 3.15. The fourth-order valence-corrected chi connectivity index (χ4v) is 6.10. The minimum absolute atomic E-state index is 0.115. The van der Waals surface area contributed by atoms with Gasteiger partial charge in [-0.3, -0.25) is 0 Å². The molecule has 1 spiro atoms. The minimum Gasteiger partial charge on any atom is -0.390 e. The number of rotatable bonds is 3. The molecule has 2 saturated heterocycles. The van der Waals surface area contributed by atoms with Gasteiger partial charge in [0.15, 0.2) is 0 Å². The van der Waals surface area contributed by atoms with Crippen molar-refractivity contribution >= 4 is 11.8 Å². The first-order valence-electron chi connectivity index (χ1n) is 9.10. The van der Waals surface area contributed by atoms with Crippen LogP contribution < -0.4 is 0 Å². The van der Waals surface area contributed by atoms with Crippen LogP contribution in [0.3, 0.4) is 0 Å². The van der Waals surface area contributed by atoms with Crippen LogP contribution >= 0.6 is 11.8 Å². The highest BCUT2D eigenvalue weighted by atomic mass is 32.2. The molecule has 0 aromatic rings. The lowest BCUT2D eigenvalue weighted by Gasteiger charge is -2.50. The Morgan fingerprint density at radius 1 is 1.10 bits per heavy atom. The largest absolute Gasteiger partial charge is 0.390 e. The average molecular weight is 313 g/mol. The van der Waals surface area contributed by atoms with E-state index in [2.05, 4.69) is 18.7 Å². The second-order valence-corrected chi connectivity index (χ2v) is 8.89. The highest BCUT2D eigenvalue weighted by molar-refractivity contribution is 7.99. The van der Waals surface area contributed by atoms with E-state index in [0.29, 0.717) is 5.92 Å². The zero-order valence-corrected chi connectivity index (χ0v) is 14.4. The van der Waals surface area contributed by atoms with E-state index in [1.807, 2.05) is 0 Å². The molecule has 1 atom stereocenters. The van der Waals surface area contributed by atoms with E-state index in [1.165, 1.54) is 50.0 Å². The van der Waals surface area contributed by atoms with Crippen LogP contribution in [-0.2, 0) is 4.74 Å².